The second-order valence-corrected chi connectivity index (χ2v) is 7.32. The van der Waals surface area contributed by atoms with Crippen LogP contribution >= 0.6 is 23.2 Å². The minimum Gasteiger partial charge on any atom is -0.378 e. The van der Waals surface area contributed by atoms with Crippen molar-refractivity contribution >= 4 is 52.1 Å². The van der Waals surface area contributed by atoms with Crippen molar-refractivity contribution in [3.05, 3.63) is 68.2 Å². The van der Waals surface area contributed by atoms with Gasteiger partial charge in [-0.05, 0) is 18.2 Å². The number of benzene rings is 2. The summed E-state index contributed by atoms with van der Waals surface area (Å²) in [5.41, 5.74) is -0.528. The van der Waals surface area contributed by atoms with Gasteiger partial charge >= 0.3 is 0 Å². The molecule has 1 unspecified atom stereocenters. The van der Waals surface area contributed by atoms with Gasteiger partial charge in [0, 0.05) is 34.2 Å². The van der Waals surface area contributed by atoms with Crippen LogP contribution in [0.2, 0.25) is 10.0 Å². The van der Waals surface area contributed by atoms with E-state index in [4.69, 9.17) is 28.0 Å². The average molecular weight is 420 g/mol. The first kappa shape index (κ1) is 18.4. The van der Waals surface area contributed by atoms with E-state index in [0.29, 0.717) is 11.3 Å². The zero-order chi connectivity index (χ0) is 20.1. The summed E-state index contributed by atoms with van der Waals surface area (Å²) in [6.45, 7) is 0. The molecule has 0 radical (unpaired) electrons. The van der Waals surface area contributed by atoms with E-state index in [9.17, 15) is 19.7 Å². The molecule has 2 heterocycles. The van der Waals surface area contributed by atoms with Crippen LogP contribution in [0.3, 0.4) is 0 Å². The van der Waals surface area contributed by atoms with Crippen molar-refractivity contribution in [2.45, 2.75) is 18.4 Å². The van der Waals surface area contributed by atoms with E-state index in [0.717, 1.165) is 4.90 Å². The molecule has 1 atom stereocenters. The highest BCUT2D eigenvalue weighted by Gasteiger charge is 2.58. The van der Waals surface area contributed by atoms with E-state index in [1.54, 1.807) is 6.07 Å². The number of anilines is 1. The third-order valence-corrected chi connectivity index (χ3v) is 4.99. The van der Waals surface area contributed by atoms with Crippen molar-refractivity contribution in [3.8, 4) is 0 Å². The van der Waals surface area contributed by atoms with E-state index >= 15 is 0 Å². The Labute approximate surface area is 168 Å². The smallest absolute Gasteiger partial charge is 0.281 e. The van der Waals surface area contributed by atoms with Crippen molar-refractivity contribution in [2.24, 2.45) is 5.16 Å². The summed E-state index contributed by atoms with van der Waals surface area (Å²) in [5.74, 6) is -1.06. The summed E-state index contributed by atoms with van der Waals surface area (Å²) in [5, 5.41) is 15.5. The highest BCUT2D eigenvalue weighted by atomic mass is 35.5. The number of halogens is 2. The van der Waals surface area contributed by atoms with Crippen LogP contribution in [-0.4, -0.2) is 28.1 Å². The summed E-state index contributed by atoms with van der Waals surface area (Å²) in [7, 11) is 0. The lowest BCUT2D eigenvalue weighted by Crippen LogP contribution is -2.40. The van der Waals surface area contributed by atoms with Gasteiger partial charge in [-0.1, -0.05) is 40.5 Å². The normalized spacial score (nSPS) is 21.2. The predicted molar refractivity (Wildman–Crippen MR) is 102 cm³/mol. The Balaban J connectivity index is 1.63. The Bertz CT molecular complexity index is 1050. The highest BCUT2D eigenvalue weighted by molar-refractivity contribution is 6.36. The van der Waals surface area contributed by atoms with Gasteiger partial charge in [-0.3, -0.25) is 19.7 Å². The molecule has 1 saturated heterocycles. The van der Waals surface area contributed by atoms with Crippen LogP contribution < -0.4 is 4.90 Å². The van der Waals surface area contributed by atoms with Gasteiger partial charge in [-0.25, -0.2) is 4.90 Å². The molecule has 0 aromatic heterocycles. The monoisotopic (exact) mass is 419 g/mol. The van der Waals surface area contributed by atoms with Gasteiger partial charge in [0.1, 0.15) is 0 Å². The predicted octanol–water partition coefficient (Wildman–Crippen LogP) is 3.73. The molecule has 10 heteroatoms. The number of non-ortho nitro benzene ring substituents is 1. The third kappa shape index (κ3) is 3.00. The van der Waals surface area contributed by atoms with Gasteiger partial charge in [-0.15, -0.1) is 0 Å². The standard InChI is InChI=1S/C18H11Cl2N3O5/c19-11-5-12(20)7-14(6-11)22-16(24)9-18(17(22)25)8-15(21-28-18)10-2-1-3-13(4-10)23(26)27/h1-7H,8-9H2. The maximum atomic E-state index is 13.0. The van der Waals surface area contributed by atoms with Gasteiger partial charge in [0.05, 0.1) is 22.7 Å². The number of carbonyl (C=O) groups is 2. The number of nitro benzene ring substituents is 1. The molecule has 0 N–H and O–H groups in total. The van der Waals surface area contributed by atoms with E-state index in [1.165, 1.54) is 36.4 Å². The summed E-state index contributed by atoms with van der Waals surface area (Å²) < 4.78 is 0. The Morgan fingerprint density at radius 2 is 1.82 bits per heavy atom. The van der Waals surface area contributed by atoms with Crippen LogP contribution in [-0.2, 0) is 14.4 Å². The number of nitrogens with zero attached hydrogens (tertiary/aromatic N) is 3. The van der Waals surface area contributed by atoms with Crippen LogP contribution in [0.25, 0.3) is 0 Å². The second-order valence-electron chi connectivity index (χ2n) is 6.45. The Morgan fingerprint density at radius 3 is 2.50 bits per heavy atom. The minimum absolute atomic E-state index is 0.0174. The van der Waals surface area contributed by atoms with Gasteiger partial charge < -0.3 is 4.84 Å². The number of carbonyl (C=O) groups excluding carboxylic acids is 2. The molecule has 0 bridgehead atoms. The molecule has 1 fully saturated rings. The summed E-state index contributed by atoms with van der Waals surface area (Å²) in [6.07, 6.45) is -0.193. The number of amides is 2. The number of imide groups is 1. The van der Waals surface area contributed by atoms with Crippen LogP contribution in [0.4, 0.5) is 11.4 Å². The van der Waals surface area contributed by atoms with Gasteiger partial charge in [0.2, 0.25) is 11.5 Å². The number of oxime groups is 1. The summed E-state index contributed by atoms with van der Waals surface area (Å²) in [4.78, 5) is 42.4. The molecule has 0 saturated carbocycles. The van der Waals surface area contributed by atoms with E-state index in [1.807, 2.05) is 0 Å². The topological polar surface area (TPSA) is 102 Å². The maximum Gasteiger partial charge on any atom is 0.281 e. The lowest BCUT2D eigenvalue weighted by atomic mass is 9.92. The molecule has 4 rings (SSSR count). The fourth-order valence-electron chi connectivity index (χ4n) is 3.29. The Morgan fingerprint density at radius 1 is 1.11 bits per heavy atom. The van der Waals surface area contributed by atoms with Crippen LogP contribution in [0.5, 0.6) is 0 Å². The van der Waals surface area contributed by atoms with Gasteiger partial charge in [-0.2, -0.15) is 0 Å². The zero-order valence-corrected chi connectivity index (χ0v) is 15.6. The summed E-state index contributed by atoms with van der Waals surface area (Å²) >= 11 is 12.0. The van der Waals surface area contributed by atoms with Gasteiger partial charge in [0.15, 0.2) is 0 Å². The molecule has 142 valence electrons. The highest BCUT2D eigenvalue weighted by Crippen LogP contribution is 2.40. The number of nitro groups is 1. The first-order valence-electron chi connectivity index (χ1n) is 8.12. The molecule has 2 amide bonds. The third-order valence-electron chi connectivity index (χ3n) is 4.56. The maximum absolute atomic E-state index is 13.0. The lowest BCUT2D eigenvalue weighted by molar-refractivity contribution is -0.384. The average Bonchev–Trinajstić information content (AvgIpc) is 3.16. The molecule has 0 aliphatic carbocycles. The minimum atomic E-state index is -1.48. The molecule has 2 aromatic carbocycles. The van der Waals surface area contributed by atoms with Crippen molar-refractivity contribution in [3.63, 3.8) is 0 Å². The number of hydrogen-bond acceptors (Lipinski definition) is 6. The lowest BCUT2D eigenvalue weighted by Gasteiger charge is -2.19. The fraction of sp³-hybridized carbons (Fsp3) is 0.167. The largest absolute Gasteiger partial charge is 0.378 e. The second kappa shape index (κ2) is 6.57. The molecule has 2 aromatic rings. The molecule has 2 aliphatic heterocycles. The van der Waals surface area contributed by atoms with Crippen molar-refractivity contribution in [1.29, 1.82) is 0 Å². The quantitative estimate of drug-likeness (QED) is 0.428. The van der Waals surface area contributed by atoms with Gasteiger partial charge in [0.25, 0.3) is 11.6 Å². The Hall–Kier alpha value is -2.97. The fourth-order valence-corrected chi connectivity index (χ4v) is 3.80. The zero-order valence-electron chi connectivity index (χ0n) is 14.1. The molecule has 2 aliphatic rings. The SMILES string of the molecule is O=C1CC2(CC(c3cccc([N+](=O)[O-])c3)=NO2)C(=O)N1c1cc(Cl)cc(Cl)c1. The molecule has 28 heavy (non-hydrogen) atoms. The summed E-state index contributed by atoms with van der Waals surface area (Å²) in [6, 6.07) is 10.2. The van der Waals surface area contributed by atoms with Crippen molar-refractivity contribution in [1.82, 2.24) is 0 Å². The number of rotatable bonds is 3. The van der Waals surface area contributed by atoms with E-state index in [-0.39, 0.29) is 34.3 Å². The van der Waals surface area contributed by atoms with Crippen LogP contribution in [0, 0.1) is 10.1 Å². The molecular weight excluding hydrogens is 409 g/mol. The van der Waals surface area contributed by atoms with Crippen molar-refractivity contribution in [2.75, 3.05) is 4.90 Å². The first-order chi connectivity index (χ1) is 13.3. The number of hydrogen-bond donors (Lipinski definition) is 0. The molecule has 8 nitrogen and oxygen atoms in total. The van der Waals surface area contributed by atoms with Crippen LogP contribution in [0.15, 0.2) is 47.6 Å². The first-order valence-corrected chi connectivity index (χ1v) is 8.88. The van der Waals surface area contributed by atoms with Crippen LogP contribution in [0.1, 0.15) is 18.4 Å². The van der Waals surface area contributed by atoms with E-state index in [2.05, 4.69) is 5.16 Å². The molecular formula is C18H11Cl2N3O5. The Kier molecular flexibility index (Phi) is 4.32. The van der Waals surface area contributed by atoms with E-state index < -0.39 is 22.3 Å². The van der Waals surface area contributed by atoms with Crippen molar-refractivity contribution < 1.29 is 19.3 Å². The molecule has 1 spiro atoms.